The molecule has 1 rings (SSSR count). The molecule has 86 valence electrons. The lowest BCUT2D eigenvalue weighted by Crippen LogP contribution is -2.35. The van der Waals surface area contributed by atoms with E-state index < -0.39 is 0 Å². The highest BCUT2D eigenvalue weighted by Crippen LogP contribution is 2.28. The van der Waals surface area contributed by atoms with Crippen LogP contribution in [0.15, 0.2) is 0 Å². The van der Waals surface area contributed by atoms with Crippen molar-refractivity contribution in [2.24, 2.45) is 17.6 Å². The zero-order chi connectivity index (χ0) is 11.3. The van der Waals surface area contributed by atoms with Crippen LogP contribution in [0.1, 0.15) is 25.7 Å². The Kier molecular flexibility index (Phi) is 4.81. The summed E-state index contributed by atoms with van der Waals surface area (Å²) in [4.78, 5) is 11.3. The summed E-state index contributed by atoms with van der Waals surface area (Å²) >= 11 is 4.74. The Morgan fingerprint density at radius 3 is 2.53 bits per heavy atom. The van der Waals surface area contributed by atoms with E-state index >= 15 is 0 Å². The van der Waals surface area contributed by atoms with Crippen LogP contribution >= 0.6 is 12.2 Å². The normalized spacial score (nSPS) is 25.7. The van der Waals surface area contributed by atoms with Crippen molar-refractivity contribution in [2.45, 2.75) is 25.7 Å². The van der Waals surface area contributed by atoms with Gasteiger partial charge in [0, 0.05) is 6.54 Å². The third-order valence-electron chi connectivity index (χ3n) is 2.95. The van der Waals surface area contributed by atoms with Crippen LogP contribution in [0.5, 0.6) is 0 Å². The minimum Gasteiger partial charge on any atom is -0.469 e. The molecule has 0 aromatic heterocycles. The number of carbonyl (C=O) groups is 1. The van der Waals surface area contributed by atoms with Gasteiger partial charge in [-0.25, -0.2) is 0 Å². The van der Waals surface area contributed by atoms with Crippen LogP contribution in [0.3, 0.4) is 0 Å². The third-order valence-corrected chi connectivity index (χ3v) is 3.09. The highest BCUT2D eigenvalue weighted by Gasteiger charge is 2.26. The number of rotatable bonds is 3. The quantitative estimate of drug-likeness (QED) is 0.554. The maximum Gasteiger partial charge on any atom is 0.308 e. The zero-order valence-electron chi connectivity index (χ0n) is 8.99. The number of hydrogen-bond acceptors (Lipinski definition) is 3. The van der Waals surface area contributed by atoms with Gasteiger partial charge in [0.15, 0.2) is 5.11 Å². The van der Waals surface area contributed by atoms with E-state index in [1.165, 1.54) is 7.11 Å². The minimum atomic E-state index is -0.0734. The molecule has 4 nitrogen and oxygen atoms in total. The average molecular weight is 230 g/mol. The van der Waals surface area contributed by atoms with Crippen molar-refractivity contribution in [3.63, 3.8) is 0 Å². The number of hydrogen-bond donors (Lipinski definition) is 2. The van der Waals surface area contributed by atoms with Gasteiger partial charge in [0.2, 0.25) is 0 Å². The highest BCUT2D eigenvalue weighted by atomic mass is 32.1. The van der Waals surface area contributed by atoms with Crippen molar-refractivity contribution in [1.29, 1.82) is 0 Å². The zero-order valence-corrected chi connectivity index (χ0v) is 9.81. The van der Waals surface area contributed by atoms with Gasteiger partial charge < -0.3 is 15.8 Å². The van der Waals surface area contributed by atoms with E-state index in [2.05, 4.69) is 5.32 Å². The van der Waals surface area contributed by atoms with E-state index in [1.54, 1.807) is 0 Å². The van der Waals surface area contributed by atoms with E-state index in [0.29, 0.717) is 11.0 Å². The number of thiocarbonyl (C=S) groups is 1. The van der Waals surface area contributed by atoms with Gasteiger partial charge in [-0.15, -0.1) is 0 Å². The summed E-state index contributed by atoms with van der Waals surface area (Å²) in [5.41, 5.74) is 5.35. The molecule has 0 radical (unpaired) electrons. The average Bonchev–Trinajstić information content (AvgIpc) is 2.26. The first kappa shape index (κ1) is 12.2. The predicted octanol–water partition coefficient (Wildman–Crippen LogP) is 0.799. The molecule has 1 aliphatic rings. The van der Waals surface area contributed by atoms with Crippen molar-refractivity contribution in [2.75, 3.05) is 13.7 Å². The largest absolute Gasteiger partial charge is 0.469 e. The van der Waals surface area contributed by atoms with Gasteiger partial charge in [-0.3, -0.25) is 4.79 Å². The summed E-state index contributed by atoms with van der Waals surface area (Å²) in [5.74, 6) is 0.597. The number of methoxy groups -OCH3 is 1. The smallest absolute Gasteiger partial charge is 0.308 e. The number of nitrogens with two attached hydrogens (primary N) is 1. The second-order valence-electron chi connectivity index (χ2n) is 3.99. The first-order valence-corrected chi connectivity index (χ1v) is 5.65. The first-order valence-electron chi connectivity index (χ1n) is 5.24. The van der Waals surface area contributed by atoms with Gasteiger partial charge in [0.25, 0.3) is 0 Å². The van der Waals surface area contributed by atoms with E-state index in [1.807, 2.05) is 0 Å². The molecule has 0 heterocycles. The lowest BCUT2D eigenvalue weighted by molar-refractivity contribution is -0.146. The van der Waals surface area contributed by atoms with E-state index in [-0.39, 0.29) is 11.9 Å². The van der Waals surface area contributed by atoms with Crippen molar-refractivity contribution in [3.05, 3.63) is 0 Å². The molecule has 1 fully saturated rings. The van der Waals surface area contributed by atoms with Crippen molar-refractivity contribution >= 4 is 23.3 Å². The Hall–Kier alpha value is -0.840. The molecule has 5 heteroatoms. The van der Waals surface area contributed by atoms with Gasteiger partial charge in [0.05, 0.1) is 13.0 Å². The number of nitrogens with one attached hydrogen (secondary N) is 1. The van der Waals surface area contributed by atoms with Crippen LogP contribution in [-0.4, -0.2) is 24.7 Å². The molecule has 0 aromatic carbocycles. The minimum absolute atomic E-state index is 0.0734. The third kappa shape index (κ3) is 4.03. The Balaban J connectivity index is 2.23. The molecule has 0 saturated heterocycles. The van der Waals surface area contributed by atoms with Crippen molar-refractivity contribution in [1.82, 2.24) is 5.32 Å². The topological polar surface area (TPSA) is 64.3 Å². The van der Waals surface area contributed by atoms with Crippen molar-refractivity contribution < 1.29 is 9.53 Å². The van der Waals surface area contributed by atoms with Crippen LogP contribution in [0.4, 0.5) is 0 Å². The molecule has 0 aromatic rings. The number of carbonyl (C=O) groups excluding carboxylic acids is 1. The SMILES string of the molecule is COC(=O)[C@H]1CC[C@H](CNC(N)=S)CC1. The summed E-state index contributed by atoms with van der Waals surface area (Å²) in [6.07, 6.45) is 3.90. The van der Waals surface area contributed by atoms with E-state index in [9.17, 15) is 4.79 Å². The Morgan fingerprint density at radius 1 is 1.47 bits per heavy atom. The molecule has 0 unspecified atom stereocenters. The lowest BCUT2D eigenvalue weighted by Gasteiger charge is -2.26. The second kappa shape index (κ2) is 5.90. The Labute approximate surface area is 95.5 Å². The molecule has 1 aliphatic carbocycles. The molecule has 1 saturated carbocycles. The van der Waals surface area contributed by atoms with Crippen LogP contribution in [0, 0.1) is 11.8 Å². The molecule has 0 atom stereocenters. The molecule has 15 heavy (non-hydrogen) atoms. The molecule has 0 bridgehead atoms. The fraction of sp³-hybridized carbons (Fsp3) is 0.800. The number of esters is 1. The first-order chi connectivity index (χ1) is 7.13. The van der Waals surface area contributed by atoms with Crippen LogP contribution in [0.2, 0.25) is 0 Å². The van der Waals surface area contributed by atoms with Crippen molar-refractivity contribution in [3.8, 4) is 0 Å². The summed E-state index contributed by atoms with van der Waals surface area (Å²) in [6, 6.07) is 0. The van der Waals surface area contributed by atoms with Gasteiger partial charge in [-0.05, 0) is 43.8 Å². The van der Waals surface area contributed by atoms with E-state index in [4.69, 9.17) is 22.7 Å². The number of ether oxygens (including phenoxy) is 1. The van der Waals surface area contributed by atoms with Gasteiger partial charge in [0.1, 0.15) is 0 Å². The predicted molar refractivity (Wildman–Crippen MR) is 62.3 cm³/mol. The van der Waals surface area contributed by atoms with E-state index in [0.717, 1.165) is 32.2 Å². The standard InChI is InChI=1S/C10H18N2O2S/c1-14-9(13)8-4-2-7(3-5-8)6-12-10(11)15/h7-8H,2-6H2,1H3,(H3,11,12,15)/t7-,8-. The Bertz CT molecular complexity index is 238. The fourth-order valence-electron chi connectivity index (χ4n) is 2.01. The van der Waals surface area contributed by atoms with Crippen LogP contribution in [0.25, 0.3) is 0 Å². The van der Waals surface area contributed by atoms with Gasteiger partial charge in [-0.1, -0.05) is 0 Å². The maximum atomic E-state index is 11.3. The molecular formula is C10H18N2O2S. The molecule has 0 amide bonds. The summed E-state index contributed by atoms with van der Waals surface area (Å²) in [7, 11) is 1.45. The van der Waals surface area contributed by atoms with Gasteiger partial charge >= 0.3 is 5.97 Å². The fourth-order valence-corrected chi connectivity index (χ4v) is 2.10. The highest BCUT2D eigenvalue weighted by molar-refractivity contribution is 7.80. The maximum absolute atomic E-state index is 11.3. The van der Waals surface area contributed by atoms with Gasteiger partial charge in [-0.2, -0.15) is 0 Å². The molecular weight excluding hydrogens is 212 g/mol. The molecule has 0 spiro atoms. The lowest BCUT2D eigenvalue weighted by atomic mass is 9.82. The monoisotopic (exact) mass is 230 g/mol. The van der Waals surface area contributed by atoms with Crippen LogP contribution in [-0.2, 0) is 9.53 Å². The Morgan fingerprint density at radius 2 is 2.07 bits per heavy atom. The summed E-state index contributed by atoms with van der Waals surface area (Å²) in [6.45, 7) is 0.823. The summed E-state index contributed by atoms with van der Waals surface area (Å²) < 4.78 is 4.73. The molecule has 3 N–H and O–H groups in total. The van der Waals surface area contributed by atoms with Crippen LogP contribution < -0.4 is 11.1 Å². The molecule has 0 aliphatic heterocycles. The summed E-state index contributed by atoms with van der Waals surface area (Å²) in [5, 5.41) is 3.32. The second-order valence-corrected chi connectivity index (χ2v) is 4.43.